The van der Waals surface area contributed by atoms with Crippen LogP contribution in [0.2, 0.25) is 0 Å². The second-order valence-electron chi connectivity index (χ2n) is 3.02. The van der Waals surface area contributed by atoms with Crippen molar-refractivity contribution in [3.63, 3.8) is 0 Å². The Labute approximate surface area is 77.0 Å². The van der Waals surface area contributed by atoms with Crippen LogP contribution >= 0.6 is 0 Å². The molecule has 0 saturated heterocycles. The molecular formula is C9H14N2O2. The first-order chi connectivity index (χ1) is 6.15. The van der Waals surface area contributed by atoms with E-state index in [9.17, 15) is 4.79 Å². The summed E-state index contributed by atoms with van der Waals surface area (Å²) in [6.45, 7) is 4.00. The first-order valence-corrected chi connectivity index (χ1v) is 4.39. The first-order valence-electron chi connectivity index (χ1n) is 4.39. The summed E-state index contributed by atoms with van der Waals surface area (Å²) in [5.74, 6) is -0.775. The van der Waals surface area contributed by atoms with E-state index in [-0.39, 0.29) is 6.42 Å². The average Bonchev–Trinajstić information content (AvgIpc) is 2.42. The molecule has 0 radical (unpaired) electrons. The van der Waals surface area contributed by atoms with Crippen LogP contribution in [0.1, 0.15) is 30.3 Å². The van der Waals surface area contributed by atoms with Crippen LogP contribution in [0.15, 0.2) is 0 Å². The molecule has 0 bridgehead atoms. The molecule has 4 nitrogen and oxygen atoms in total. The van der Waals surface area contributed by atoms with Crippen LogP contribution in [0.25, 0.3) is 0 Å². The van der Waals surface area contributed by atoms with E-state index in [1.807, 2.05) is 13.8 Å². The van der Waals surface area contributed by atoms with Crippen LogP contribution in [-0.4, -0.2) is 21.3 Å². The lowest BCUT2D eigenvalue weighted by atomic mass is 10.1. The van der Waals surface area contributed by atoms with Crippen molar-refractivity contribution in [2.45, 2.75) is 33.1 Å². The molecule has 0 aliphatic heterocycles. The number of aromatic nitrogens is 2. The number of rotatable bonds is 4. The molecule has 0 atom stereocenters. The third-order valence-corrected chi connectivity index (χ3v) is 2.09. The van der Waals surface area contributed by atoms with Gasteiger partial charge < -0.3 is 5.11 Å². The van der Waals surface area contributed by atoms with E-state index in [4.69, 9.17) is 5.11 Å². The number of aryl methyl sites for hydroxylation is 2. The molecule has 4 heteroatoms. The molecule has 0 aliphatic rings. The first kappa shape index (κ1) is 9.77. The standard InChI is InChI=1S/C9H14N2O2/c1-3-7-6(2)10-11-8(7)4-5-9(12)13/h3-5H2,1-2H3,(H,10,11)(H,12,13). The lowest BCUT2D eigenvalue weighted by Gasteiger charge is -1.97. The largest absolute Gasteiger partial charge is 0.481 e. The Balaban J connectivity index is 2.70. The van der Waals surface area contributed by atoms with Gasteiger partial charge in [0.15, 0.2) is 0 Å². The van der Waals surface area contributed by atoms with Gasteiger partial charge in [-0.3, -0.25) is 9.89 Å². The normalized spacial score (nSPS) is 10.3. The highest BCUT2D eigenvalue weighted by Crippen LogP contribution is 2.12. The number of nitrogens with zero attached hydrogens (tertiary/aromatic N) is 1. The van der Waals surface area contributed by atoms with Crippen molar-refractivity contribution in [2.24, 2.45) is 0 Å². The van der Waals surface area contributed by atoms with Crippen molar-refractivity contribution in [3.05, 3.63) is 17.0 Å². The zero-order valence-corrected chi connectivity index (χ0v) is 7.92. The zero-order valence-electron chi connectivity index (χ0n) is 7.92. The summed E-state index contributed by atoms with van der Waals surface area (Å²) in [5.41, 5.74) is 3.09. The molecule has 0 aliphatic carbocycles. The van der Waals surface area contributed by atoms with Crippen molar-refractivity contribution < 1.29 is 9.90 Å². The highest BCUT2D eigenvalue weighted by molar-refractivity contribution is 5.67. The molecule has 0 unspecified atom stereocenters. The van der Waals surface area contributed by atoms with Crippen molar-refractivity contribution in [1.29, 1.82) is 0 Å². The molecule has 0 amide bonds. The number of hydrogen-bond donors (Lipinski definition) is 2. The third kappa shape index (κ3) is 2.31. The van der Waals surface area contributed by atoms with Gasteiger partial charge in [-0.15, -0.1) is 0 Å². The predicted molar refractivity (Wildman–Crippen MR) is 48.7 cm³/mol. The van der Waals surface area contributed by atoms with Gasteiger partial charge in [-0.1, -0.05) is 6.92 Å². The van der Waals surface area contributed by atoms with Crippen LogP contribution in [-0.2, 0) is 17.6 Å². The molecule has 0 aromatic carbocycles. The number of aliphatic carboxylic acids is 1. The molecular weight excluding hydrogens is 168 g/mol. The highest BCUT2D eigenvalue weighted by Gasteiger charge is 2.09. The molecule has 1 aromatic rings. The molecule has 1 aromatic heterocycles. The number of hydrogen-bond acceptors (Lipinski definition) is 2. The van der Waals surface area contributed by atoms with E-state index in [1.165, 1.54) is 0 Å². The molecule has 1 heterocycles. The van der Waals surface area contributed by atoms with Crippen LogP contribution in [0.4, 0.5) is 0 Å². The van der Waals surface area contributed by atoms with E-state index in [0.717, 1.165) is 23.4 Å². The Morgan fingerprint density at radius 3 is 2.85 bits per heavy atom. The maximum atomic E-state index is 10.3. The Hall–Kier alpha value is -1.32. The fourth-order valence-corrected chi connectivity index (χ4v) is 1.40. The van der Waals surface area contributed by atoms with Crippen molar-refractivity contribution in [1.82, 2.24) is 10.2 Å². The Bertz CT molecular complexity index is 305. The highest BCUT2D eigenvalue weighted by atomic mass is 16.4. The monoisotopic (exact) mass is 182 g/mol. The topological polar surface area (TPSA) is 66.0 Å². The molecule has 13 heavy (non-hydrogen) atoms. The molecule has 72 valence electrons. The van der Waals surface area contributed by atoms with Crippen molar-refractivity contribution >= 4 is 5.97 Å². The molecule has 0 spiro atoms. The number of carbonyl (C=O) groups is 1. The fourth-order valence-electron chi connectivity index (χ4n) is 1.40. The van der Waals surface area contributed by atoms with Gasteiger partial charge in [0.05, 0.1) is 12.1 Å². The zero-order chi connectivity index (χ0) is 9.84. The summed E-state index contributed by atoms with van der Waals surface area (Å²) >= 11 is 0. The van der Waals surface area contributed by atoms with Gasteiger partial charge in [0.2, 0.25) is 0 Å². The van der Waals surface area contributed by atoms with Gasteiger partial charge in [0.25, 0.3) is 0 Å². The SMILES string of the molecule is CCc1c(CCC(=O)O)n[nH]c1C. The van der Waals surface area contributed by atoms with Crippen LogP contribution < -0.4 is 0 Å². The number of nitrogens with one attached hydrogen (secondary N) is 1. The quantitative estimate of drug-likeness (QED) is 0.737. The van der Waals surface area contributed by atoms with E-state index in [1.54, 1.807) is 0 Å². The van der Waals surface area contributed by atoms with Crippen molar-refractivity contribution in [3.8, 4) is 0 Å². The Morgan fingerprint density at radius 1 is 1.62 bits per heavy atom. The minimum atomic E-state index is -0.775. The third-order valence-electron chi connectivity index (χ3n) is 2.09. The minimum Gasteiger partial charge on any atom is -0.481 e. The summed E-state index contributed by atoms with van der Waals surface area (Å²) < 4.78 is 0. The number of aromatic amines is 1. The molecule has 1 rings (SSSR count). The van der Waals surface area contributed by atoms with Gasteiger partial charge in [0.1, 0.15) is 0 Å². The van der Waals surface area contributed by atoms with Crippen LogP contribution in [0, 0.1) is 6.92 Å². The average molecular weight is 182 g/mol. The number of H-pyrrole nitrogens is 1. The smallest absolute Gasteiger partial charge is 0.303 e. The van der Waals surface area contributed by atoms with Crippen molar-refractivity contribution in [2.75, 3.05) is 0 Å². The second kappa shape index (κ2) is 4.07. The number of carboxylic acids is 1. The summed E-state index contributed by atoms with van der Waals surface area (Å²) in [6.07, 6.45) is 1.57. The van der Waals surface area contributed by atoms with Gasteiger partial charge in [-0.05, 0) is 18.9 Å². The summed E-state index contributed by atoms with van der Waals surface area (Å²) in [6, 6.07) is 0. The van der Waals surface area contributed by atoms with Gasteiger partial charge in [0, 0.05) is 12.1 Å². The van der Waals surface area contributed by atoms with E-state index in [0.29, 0.717) is 6.42 Å². The summed E-state index contributed by atoms with van der Waals surface area (Å²) in [7, 11) is 0. The van der Waals surface area contributed by atoms with Gasteiger partial charge in [-0.2, -0.15) is 5.10 Å². The van der Waals surface area contributed by atoms with Crippen LogP contribution in [0.5, 0.6) is 0 Å². The van der Waals surface area contributed by atoms with E-state index < -0.39 is 5.97 Å². The molecule has 0 fully saturated rings. The van der Waals surface area contributed by atoms with E-state index >= 15 is 0 Å². The lowest BCUT2D eigenvalue weighted by Crippen LogP contribution is -1.99. The summed E-state index contributed by atoms with van der Waals surface area (Å²) in [4.78, 5) is 10.3. The predicted octanol–water partition coefficient (Wildman–Crippen LogP) is 1.30. The van der Waals surface area contributed by atoms with Gasteiger partial charge >= 0.3 is 5.97 Å². The maximum absolute atomic E-state index is 10.3. The van der Waals surface area contributed by atoms with E-state index in [2.05, 4.69) is 10.2 Å². The van der Waals surface area contributed by atoms with Gasteiger partial charge in [-0.25, -0.2) is 0 Å². The molecule has 2 N–H and O–H groups in total. The van der Waals surface area contributed by atoms with Crippen LogP contribution in [0.3, 0.4) is 0 Å². The maximum Gasteiger partial charge on any atom is 0.303 e. The number of carboxylic acid groups (broad SMARTS) is 1. The lowest BCUT2D eigenvalue weighted by molar-refractivity contribution is -0.136. The molecule has 0 saturated carbocycles. The Kier molecular flexibility index (Phi) is 3.06. The Morgan fingerprint density at radius 2 is 2.31 bits per heavy atom. The summed E-state index contributed by atoms with van der Waals surface area (Å²) in [5, 5.41) is 15.4. The minimum absolute atomic E-state index is 0.150. The second-order valence-corrected chi connectivity index (χ2v) is 3.02. The fraction of sp³-hybridized carbons (Fsp3) is 0.556.